The van der Waals surface area contributed by atoms with Gasteiger partial charge in [0, 0.05) is 23.4 Å². The second-order valence-electron chi connectivity index (χ2n) is 7.41. The lowest BCUT2D eigenvalue weighted by Crippen LogP contribution is -2.62. The van der Waals surface area contributed by atoms with Crippen molar-refractivity contribution < 1.29 is 14.3 Å². The Labute approximate surface area is 137 Å². The summed E-state index contributed by atoms with van der Waals surface area (Å²) >= 11 is 0. The molecule has 2 heterocycles. The first-order chi connectivity index (χ1) is 11.0. The van der Waals surface area contributed by atoms with Gasteiger partial charge in [-0.1, -0.05) is 6.07 Å². The van der Waals surface area contributed by atoms with Crippen LogP contribution in [-0.4, -0.2) is 43.5 Å². The van der Waals surface area contributed by atoms with Gasteiger partial charge in [0.2, 0.25) is 0 Å². The Morgan fingerprint density at radius 2 is 2.17 bits per heavy atom. The zero-order chi connectivity index (χ0) is 16.4. The van der Waals surface area contributed by atoms with Gasteiger partial charge in [0.1, 0.15) is 0 Å². The number of carbonyl (C=O) groups excluding carboxylic acids is 1. The van der Waals surface area contributed by atoms with Crippen LogP contribution in [0.5, 0.6) is 11.5 Å². The molecule has 2 aliphatic heterocycles. The summed E-state index contributed by atoms with van der Waals surface area (Å²) in [6.45, 7) is 5.44. The van der Waals surface area contributed by atoms with E-state index in [0.29, 0.717) is 18.4 Å². The maximum absolute atomic E-state index is 12.7. The second kappa shape index (κ2) is 4.97. The van der Waals surface area contributed by atoms with Crippen LogP contribution in [0.2, 0.25) is 0 Å². The van der Waals surface area contributed by atoms with Crippen LogP contribution in [0.25, 0.3) is 0 Å². The van der Waals surface area contributed by atoms with Gasteiger partial charge in [0.05, 0.1) is 7.11 Å². The Hall–Kier alpha value is -1.55. The minimum absolute atomic E-state index is 0.171. The molecule has 3 aliphatic rings. The van der Waals surface area contributed by atoms with Crippen LogP contribution in [0.4, 0.5) is 0 Å². The summed E-state index contributed by atoms with van der Waals surface area (Å²) in [5, 5.41) is 0. The number of rotatable bonds is 1. The second-order valence-corrected chi connectivity index (χ2v) is 7.41. The van der Waals surface area contributed by atoms with Crippen molar-refractivity contribution in [2.45, 2.75) is 50.7 Å². The van der Waals surface area contributed by atoms with Crippen LogP contribution in [0.3, 0.4) is 0 Å². The number of Topliss-reactive ketones (excluding diaryl/α,β-unsaturated/α-hetero) is 1. The molecular formula is C19H25NO3. The Morgan fingerprint density at radius 3 is 2.91 bits per heavy atom. The molecule has 0 amide bonds. The molecule has 0 bridgehead atoms. The molecule has 124 valence electrons. The van der Waals surface area contributed by atoms with Crippen LogP contribution < -0.4 is 9.47 Å². The minimum Gasteiger partial charge on any atom is -0.493 e. The van der Waals surface area contributed by atoms with Crippen molar-refractivity contribution in [3.8, 4) is 11.5 Å². The van der Waals surface area contributed by atoms with E-state index < -0.39 is 0 Å². The van der Waals surface area contributed by atoms with E-state index in [4.69, 9.17) is 9.47 Å². The van der Waals surface area contributed by atoms with Gasteiger partial charge < -0.3 is 14.4 Å². The van der Waals surface area contributed by atoms with Crippen LogP contribution in [0.15, 0.2) is 12.1 Å². The fraction of sp³-hybridized carbons (Fsp3) is 0.632. The number of likely N-dealkylation sites (tertiary alicyclic amines) is 1. The van der Waals surface area contributed by atoms with Crippen LogP contribution in [0.1, 0.15) is 37.3 Å². The quantitative estimate of drug-likeness (QED) is 0.799. The van der Waals surface area contributed by atoms with Gasteiger partial charge in [-0.3, -0.25) is 4.79 Å². The standard InChI is InChI=1S/C19H25NO3/c1-11-5-8-15(22-4)17-16(11)19-9-10-20(3)12(2)13(19)6-7-14(21)18(19)23-17/h5,8,12-13,18H,6-7,9-10H2,1-4H3/t12?,13-,18-,19-/m0/s1. The molecule has 2 fully saturated rings. The Morgan fingerprint density at radius 1 is 1.39 bits per heavy atom. The number of hydrogen-bond donors (Lipinski definition) is 0. The molecule has 1 aliphatic carbocycles. The zero-order valence-electron chi connectivity index (χ0n) is 14.4. The summed E-state index contributed by atoms with van der Waals surface area (Å²) in [5.74, 6) is 2.29. The number of methoxy groups -OCH3 is 1. The molecule has 1 saturated carbocycles. The van der Waals surface area contributed by atoms with Gasteiger partial charge in [-0.05, 0) is 57.8 Å². The van der Waals surface area contributed by atoms with Gasteiger partial charge in [0.25, 0.3) is 0 Å². The van der Waals surface area contributed by atoms with Crippen molar-refractivity contribution in [3.63, 3.8) is 0 Å². The number of piperidine rings is 1. The van der Waals surface area contributed by atoms with Gasteiger partial charge in [-0.2, -0.15) is 0 Å². The van der Waals surface area contributed by atoms with E-state index >= 15 is 0 Å². The number of ether oxygens (including phenoxy) is 2. The fourth-order valence-electron chi connectivity index (χ4n) is 5.28. The van der Waals surface area contributed by atoms with Crippen molar-refractivity contribution in [2.24, 2.45) is 5.92 Å². The van der Waals surface area contributed by atoms with Crippen molar-refractivity contribution in [1.82, 2.24) is 4.90 Å². The van der Waals surface area contributed by atoms with Gasteiger partial charge in [-0.25, -0.2) is 0 Å². The lowest BCUT2D eigenvalue weighted by molar-refractivity contribution is -0.137. The van der Waals surface area contributed by atoms with Crippen molar-refractivity contribution >= 4 is 5.78 Å². The van der Waals surface area contributed by atoms with Gasteiger partial charge in [0.15, 0.2) is 23.4 Å². The highest BCUT2D eigenvalue weighted by Crippen LogP contribution is 2.60. The van der Waals surface area contributed by atoms with Gasteiger partial charge >= 0.3 is 0 Å². The van der Waals surface area contributed by atoms with Crippen LogP contribution >= 0.6 is 0 Å². The predicted octanol–water partition coefficient (Wildman–Crippen LogP) is 2.71. The van der Waals surface area contributed by atoms with E-state index in [-0.39, 0.29) is 17.3 Å². The molecule has 4 rings (SSSR count). The van der Waals surface area contributed by atoms with Crippen LogP contribution in [0, 0.1) is 12.8 Å². The van der Waals surface area contributed by atoms with Crippen molar-refractivity contribution in [2.75, 3.05) is 20.7 Å². The first-order valence-electron chi connectivity index (χ1n) is 8.58. The summed E-state index contributed by atoms with van der Waals surface area (Å²) in [7, 11) is 3.86. The van der Waals surface area contributed by atoms with E-state index in [1.807, 2.05) is 6.07 Å². The summed E-state index contributed by atoms with van der Waals surface area (Å²) in [6, 6.07) is 4.52. The number of ketones is 1. The maximum atomic E-state index is 12.7. The average molecular weight is 315 g/mol. The van der Waals surface area contributed by atoms with Crippen LogP contribution in [-0.2, 0) is 10.2 Å². The lowest BCUT2D eigenvalue weighted by Gasteiger charge is -2.53. The third-order valence-corrected chi connectivity index (χ3v) is 6.53. The third-order valence-electron chi connectivity index (χ3n) is 6.53. The first-order valence-corrected chi connectivity index (χ1v) is 8.58. The molecule has 0 N–H and O–H groups in total. The van der Waals surface area contributed by atoms with Crippen molar-refractivity contribution in [3.05, 3.63) is 23.3 Å². The monoisotopic (exact) mass is 315 g/mol. The molecule has 1 aromatic carbocycles. The number of carbonyl (C=O) groups is 1. The molecule has 4 atom stereocenters. The summed E-state index contributed by atoms with van der Waals surface area (Å²) in [4.78, 5) is 15.1. The molecule has 0 aromatic heterocycles. The van der Waals surface area contributed by atoms with Gasteiger partial charge in [-0.15, -0.1) is 0 Å². The molecule has 0 radical (unpaired) electrons. The highest BCUT2D eigenvalue weighted by atomic mass is 16.5. The Balaban J connectivity index is 1.96. The summed E-state index contributed by atoms with van der Waals surface area (Å²) in [5.41, 5.74) is 2.29. The van der Waals surface area contributed by atoms with E-state index in [9.17, 15) is 4.79 Å². The highest BCUT2D eigenvalue weighted by Gasteiger charge is 2.62. The highest BCUT2D eigenvalue weighted by molar-refractivity contribution is 5.88. The number of benzene rings is 1. The first kappa shape index (κ1) is 15.0. The Kier molecular flexibility index (Phi) is 3.24. The molecule has 1 spiro atoms. The average Bonchev–Trinajstić information content (AvgIpc) is 2.89. The number of nitrogens with zero attached hydrogens (tertiary/aromatic N) is 1. The molecule has 1 saturated heterocycles. The van der Waals surface area contributed by atoms with E-state index in [1.54, 1.807) is 7.11 Å². The SMILES string of the molecule is COc1ccc(C)c2c1O[C@H]1C(=O)CC[C@H]3C(C)N(C)CC[C@]213. The molecule has 4 nitrogen and oxygen atoms in total. The Bertz CT molecular complexity index is 671. The topological polar surface area (TPSA) is 38.8 Å². The molecule has 4 heteroatoms. The van der Waals surface area contributed by atoms with Crippen molar-refractivity contribution in [1.29, 1.82) is 0 Å². The number of hydrogen-bond acceptors (Lipinski definition) is 4. The lowest BCUT2D eigenvalue weighted by atomic mass is 9.55. The zero-order valence-corrected chi connectivity index (χ0v) is 14.4. The maximum Gasteiger partial charge on any atom is 0.174 e. The molecule has 1 unspecified atom stereocenters. The summed E-state index contributed by atoms with van der Waals surface area (Å²) in [6.07, 6.45) is 2.24. The smallest absolute Gasteiger partial charge is 0.174 e. The third kappa shape index (κ3) is 1.78. The number of aryl methyl sites for hydroxylation is 1. The molecule has 1 aromatic rings. The minimum atomic E-state index is -0.331. The molecular weight excluding hydrogens is 290 g/mol. The molecule has 23 heavy (non-hydrogen) atoms. The van der Waals surface area contributed by atoms with E-state index in [0.717, 1.165) is 30.9 Å². The van der Waals surface area contributed by atoms with E-state index in [2.05, 4.69) is 31.9 Å². The fourth-order valence-corrected chi connectivity index (χ4v) is 5.28. The largest absolute Gasteiger partial charge is 0.493 e. The summed E-state index contributed by atoms with van der Waals surface area (Å²) < 4.78 is 11.8. The predicted molar refractivity (Wildman–Crippen MR) is 88.3 cm³/mol. The normalized spacial score (nSPS) is 36.0. The van der Waals surface area contributed by atoms with E-state index in [1.165, 1.54) is 11.1 Å². The number of fused-ring (bicyclic) bond motifs is 1.